The van der Waals surface area contributed by atoms with E-state index in [1.807, 2.05) is 4.90 Å². The fourth-order valence-electron chi connectivity index (χ4n) is 2.38. The van der Waals surface area contributed by atoms with E-state index < -0.39 is 23.6 Å². The van der Waals surface area contributed by atoms with Gasteiger partial charge in [-0.3, -0.25) is 4.90 Å². The van der Waals surface area contributed by atoms with Crippen molar-refractivity contribution in [3.8, 4) is 0 Å². The van der Waals surface area contributed by atoms with E-state index in [2.05, 4.69) is 11.9 Å². The summed E-state index contributed by atoms with van der Waals surface area (Å²) in [6, 6.07) is 2.26. The molecule has 0 amide bonds. The van der Waals surface area contributed by atoms with E-state index in [-0.39, 0.29) is 18.0 Å². The molecule has 2 rings (SSSR count). The van der Waals surface area contributed by atoms with Gasteiger partial charge in [0, 0.05) is 31.7 Å². The maximum absolute atomic E-state index is 14.0. The van der Waals surface area contributed by atoms with E-state index in [1.165, 1.54) is 6.07 Å². The van der Waals surface area contributed by atoms with Crippen molar-refractivity contribution in [3.63, 3.8) is 0 Å². The third-order valence-electron chi connectivity index (χ3n) is 3.41. The fourth-order valence-corrected chi connectivity index (χ4v) is 2.38. The van der Waals surface area contributed by atoms with Gasteiger partial charge in [0.05, 0.1) is 11.6 Å². The number of benzene rings is 1. The third kappa shape index (κ3) is 4.18. The Bertz CT molecular complexity index is 484. The van der Waals surface area contributed by atoms with Gasteiger partial charge >= 0.3 is 6.18 Å². The molecule has 0 aromatic heterocycles. The molecule has 1 aromatic rings. The van der Waals surface area contributed by atoms with Crippen molar-refractivity contribution in [2.75, 3.05) is 26.2 Å². The fraction of sp³-hybridized carbons (Fsp3) is 0.429. The van der Waals surface area contributed by atoms with Crippen LogP contribution in [0.1, 0.15) is 17.2 Å². The molecule has 1 heterocycles. The Labute approximate surface area is 127 Å². The highest BCUT2D eigenvalue weighted by Crippen LogP contribution is 2.32. The van der Waals surface area contributed by atoms with Crippen LogP contribution >= 0.6 is 12.4 Å². The zero-order valence-corrected chi connectivity index (χ0v) is 12.1. The Morgan fingerprint density at radius 2 is 1.86 bits per heavy atom. The quantitative estimate of drug-likeness (QED) is 0.677. The molecular formula is C14H17ClF4N2. The molecule has 1 N–H and O–H groups in total. The van der Waals surface area contributed by atoms with Gasteiger partial charge in [-0.05, 0) is 12.1 Å². The first-order chi connectivity index (χ1) is 9.43. The van der Waals surface area contributed by atoms with E-state index in [9.17, 15) is 17.6 Å². The third-order valence-corrected chi connectivity index (χ3v) is 3.41. The van der Waals surface area contributed by atoms with Crippen LogP contribution in [0.3, 0.4) is 0 Å². The van der Waals surface area contributed by atoms with Gasteiger partial charge in [0.1, 0.15) is 5.82 Å². The average Bonchev–Trinajstić information content (AvgIpc) is 2.41. The predicted octanol–water partition coefficient (Wildman–Crippen LogP) is 3.40. The van der Waals surface area contributed by atoms with Gasteiger partial charge in [-0.2, -0.15) is 13.2 Å². The van der Waals surface area contributed by atoms with Crippen molar-refractivity contribution in [2.45, 2.75) is 12.2 Å². The highest BCUT2D eigenvalue weighted by atomic mass is 35.5. The Morgan fingerprint density at radius 3 is 2.33 bits per heavy atom. The predicted molar refractivity (Wildman–Crippen MR) is 76.0 cm³/mol. The molecule has 1 aromatic carbocycles. The van der Waals surface area contributed by atoms with E-state index in [4.69, 9.17) is 0 Å². The topological polar surface area (TPSA) is 15.3 Å². The second-order valence-corrected chi connectivity index (χ2v) is 4.70. The van der Waals surface area contributed by atoms with Gasteiger partial charge in [0.2, 0.25) is 0 Å². The van der Waals surface area contributed by atoms with Crippen LogP contribution in [-0.4, -0.2) is 31.1 Å². The van der Waals surface area contributed by atoms with Crippen molar-refractivity contribution in [1.29, 1.82) is 0 Å². The lowest BCUT2D eigenvalue weighted by molar-refractivity contribution is -0.137. The smallest absolute Gasteiger partial charge is 0.314 e. The van der Waals surface area contributed by atoms with E-state index in [0.717, 1.165) is 19.2 Å². The van der Waals surface area contributed by atoms with Gasteiger partial charge in [-0.15, -0.1) is 19.0 Å². The second-order valence-electron chi connectivity index (χ2n) is 4.70. The van der Waals surface area contributed by atoms with E-state index >= 15 is 0 Å². The Balaban J connectivity index is 0.00000220. The zero-order valence-electron chi connectivity index (χ0n) is 11.3. The highest BCUT2D eigenvalue weighted by molar-refractivity contribution is 5.85. The first kappa shape index (κ1) is 17.9. The van der Waals surface area contributed by atoms with Crippen LogP contribution in [0.2, 0.25) is 0 Å². The lowest BCUT2D eigenvalue weighted by atomic mass is 10.0. The summed E-state index contributed by atoms with van der Waals surface area (Å²) in [5.41, 5.74) is -0.739. The first-order valence-corrected chi connectivity index (χ1v) is 6.37. The Kier molecular flexibility index (Phi) is 6.19. The number of hydrogen-bond acceptors (Lipinski definition) is 2. The molecule has 118 valence electrons. The van der Waals surface area contributed by atoms with Gasteiger partial charge < -0.3 is 5.32 Å². The molecule has 0 aliphatic carbocycles. The molecule has 1 aliphatic rings. The standard InChI is InChI=1S/C14H16F4N2.ClH/c1-2-13(20-7-5-19-6-8-20)11-4-3-10(9-12(11)15)14(16,17)18;/h2-4,9,13,19H,1,5-8H2;1H/t13-;/m0./s1. The van der Waals surface area contributed by atoms with Crippen molar-refractivity contribution in [2.24, 2.45) is 0 Å². The lowest BCUT2D eigenvalue weighted by Crippen LogP contribution is -2.44. The van der Waals surface area contributed by atoms with Gasteiger partial charge in [0.15, 0.2) is 0 Å². The lowest BCUT2D eigenvalue weighted by Gasteiger charge is -2.33. The normalized spacial score (nSPS) is 17.9. The van der Waals surface area contributed by atoms with Crippen LogP contribution in [0.25, 0.3) is 0 Å². The van der Waals surface area contributed by atoms with Crippen molar-refractivity contribution in [3.05, 3.63) is 47.8 Å². The second kappa shape index (κ2) is 7.24. The SMILES string of the molecule is C=C[C@@H](c1ccc(C(F)(F)F)cc1F)N1CCNCC1.Cl. The summed E-state index contributed by atoms with van der Waals surface area (Å²) in [6.45, 7) is 6.63. The minimum atomic E-state index is -4.53. The van der Waals surface area contributed by atoms with E-state index in [0.29, 0.717) is 19.2 Å². The molecule has 7 heteroatoms. The Hall–Kier alpha value is -1.11. The highest BCUT2D eigenvalue weighted by Gasteiger charge is 2.32. The van der Waals surface area contributed by atoms with Crippen LogP contribution in [0.4, 0.5) is 17.6 Å². The number of hydrogen-bond donors (Lipinski definition) is 1. The number of halogens is 5. The molecular weight excluding hydrogens is 308 g/mol. The minimum Gasteiger partial charge on any atom is -0.314 e. The summed E-state index contributed by atoms with van der Waals surface area (Å²) in [6.07, 6.45) is -2.96. The summed E-state index contributed by atoms with van der Waals surface area (Å²) in [4.78, 5) is 2.00. The molecule has 0 radical (unpaired) electrons. The molecule has 2 nitrogen and oxygen atoms in total. The van der Waals surface area contributed by atoms with Crippen LogP contribution in [-0.2, 0) is 6.18 Å². The molecule has 0 saturated carbocycles. The zero-order chi connectivity index (χ0) is 14.8. The molecule has 0 unspecified atom stereocenters. The molecule has 1 fully saturated rings. The number of nitrogens with one attached hydrogen (secondary N) is 1. The maximum Gasteiger partial charge on any atom is 0.416 e. The van der Waals surface area contributed by atoms with Gasteiger partial charge in [0.25, 0.3) is 0 Å². The number of alkyl halides is 3. The van der Waals surface area contributed by atoms with Gasteiger partial charge in [-0.25, -0.2) is 4.39 Å². The molecule has 1 saturated heterocycles. The summed E-state index contributed by atoms with van der Waals surface area (Å²) in [7, 11) is 0. The first-order valence-electron chi connectivity index (χ1n) is 6.37. The van der Waals surface area contributed by atoms with Crippen molar-refractivity contribution < 1.29 is 17.6 Å². The van der Waals surface area contributed by atoms with Crippen LogP contribution < -0.4 is 5.32 Å². The van der Waals surface area contributed by atoms with Gasteiger partial charge in [-0.1, -0.05) is 12.1 Å². The monoisotopic (exact) mass is 324 g/mol. The van der Waals surface area contributed by atoms with Crippen LogP contribution in [0.15, 0.2) is 30.9 Å². The Morgan fingerprint density at radius 1 is 1.24 bits per heavy atom. The average molecular weight is 325 g/mol. The summed E-state index contributed by atoms with van der Waals surface area (Å²) >= 11 is 0. The molecule has 21 heavy (non-hydrogen) atoms. The summed E-state index contributed by atoms with van der Waals surface area (Å²) in [5, 5.41) is 3.17. The molecule has 1 atom stereocenters. The largest absolute Gasteiger partial charge is 0.416 e. The van der Waals surface area contributed by atoms with Crippen molar-refractivity contribution >= 4 is 12.4 Å². The summed E-state index contributed by atoms with van der Waals surface area (Å²) in [5.74, 6) is -0.844. The van der Waals surface area contributed by atoms with Crippen molar-refractivity contribution in [1.82, 2.24) is 10.2 Å². The number of rotatable bonds is 3. The maximum atomic E-state index is 14.0. The molecule has 1 aliphatic heterocycles. The minimum absolute atomic E-state index is 0. The molecule has 0 bridgehead atoms. The van der Waals surface area contributed by atoms with E-state index in [1.54, 1.807) is 6.08 Å². The number of nitrogens with zero attached hydrogens (tertiary/aromatic N) is 1. The summed E-state index contributed by atoms with van der Waals surface area (Å²) < 4.78 is 51.6. The molecule has 0 spiro atoms. The van der Waals surface area contributed by atoms with Crippen LogP contribution in [0.5, 0.6) is 0 Å². The van der Waals surface area contributed by atoms with Crippen LogP contribution in [0, 0.1) is 5.82 Å². The number of piperazine rings is 1.